The van der Waals surface area contributed by atoms with E-state index in [2.05, 4.69) is 46.0 Å². The predicted molar refractivity (Wildman–Crippen MR) is 120 cm³/mol. The van der Waals surface area contributed by atoms with Crippen LogP contribution in [0.15, 0.2) is 24.3 Å². The van der Waals surface area contributed by atoms with E-state index in [0.717, 1.165) is 6.04 Å². The summed E-state index contributed by atoms with van der Waals surface area (Å²) in [5.41, 5.74) is 2.93. The van der Waals surface area contributed by atoms with Crippen molar-refractivity contribution in [2.24, 2.45) is 0 Å². The Labute approximate surface area is 173 Å². The molecular weight excluding hydrogens is 342 g/mol. The lowest BCUT2D eigenvalue weighted by Gasteiger charge is -2.34. The Kier molecular flexibility index (Phi) is 7.31. The summed E-state index contributed by atoms with van der Waals surface area (Å²) in [6, 6.07) is 11.1. The predicted octanol–water partition coefficient (Wildman–Crippen LogP) is 5.47. The molecule has 3 heteroatoms. The normalized spacial score (nSPS) is 26.3. The van der Waals surface area contributed by atoms with E-state index in [9.17, 15) is 0 Å². The van der Waals surface area contributed by atoms with Gasteiger partial charge in [-0.15, -0.1) is 0 Å². The largest absolute Gasteiger partial charge is 0.375 e. The molecule has 1 aromatic rings. The Bertz CT molecular complexity index is 578. The monoisotopic (exact) mass is 383 g/mol. The van der Waals surface area contributed by atoms with Gasteiger partial charge in [-0.25, -0.2) is 0 Å². The first-order chi connectivity index (χ1) is 13.8. The Hall–Kier alpha value is -1.06. The molecule has 3 fully saturated rings. The second-order valence-electron chi connectivity index (χ2n) is 9.46. The molecule has 0 aromatic heterocycles. The molecule has 1 aromatic carbocycles. The quantitative estimate of drug-likeness (QED) is 0.551. The van der Waals surface area contributed by atoms with Gasteiger partial charge in [-0.2, -0.15) is 0 Å². The van der Waals surface area contributed by atoms with Crippen LogP contribution >= 0.6 is 0 Å². The second kappa shape index (κ2) is 10.1. The van der Waals surface area contributed by atoms with Crippen molar-refractivity contribution < 1.29 is 0 Å². The number of hydrogen-bond acceptors (Lipinski definition) is 3. The number of fused-ring (bicyclic) bond motifs is 1. The zero-order chi connectivity index (χ0) is 19.2. The van der Waals surface area contributed by atoms with Crippen molar-refractivity contribution in [2.75, 3.05) is 44.7 Å². The molecule has 28 heavy (non-hydrogen) atoms. The summed E-state index contributed by atoms with van der Waals surface area (Å²) in [7, 11) is 2.26. The first-order valence-corrected chi connectivity index (χ1v) is 12.1. The fourth-order valence-electron chi connectivity index (χ4n) is 5.74. The molecule has 2 atom stereocenters. The highest BCUT2D eigenvalue weighted by atomic mass is 15.2. The Morgan fingerprint density at radius 3 is 2.43 bits per heavy atom. The third-order valence-electron chi connectivity index (χ3n) is 7.48. The molecule has 156 valence electrons. The Morgan fingerprint density at radius 2 is 1.61 bits per heavy atom. The Morgan fingerprint density at radius 1 is 0.821 bits per heavy atom. The van der Waals surface area contributed by atoms with Crippen molar-refractivity contribution in [3.05, 3.63) is 29.8 Å². The maximum Gasteiger partial charge on any atom is 0.0363 e. The lowest BCUT2D eigenvalue weighted by Crippen LogP contribution is -2.35. The van der Waals surface area contributed by atoms with E-state index >= 15 is 0 Å². The summed E-state index contributed by atoms with van der Waals surface area (Å²) in [5.74, 6) is 0. The highest BCUT2D eigenvalue weighted by Crippen LogP contribution is 2.40. The van der Waals surface area contributed by atoms with E-state index in [-0.39, 0.29) is 0 Å². The Balaban J connectivity index is 1.19. The number of benzene rings is 1. The van der Waals surface area contributed by atoms with Crippen molar-refractivity contribution in [3.63, 3.8) is 0 Å². The molecule has 0 saturated carbocycles. The van der Waals surface area contributed by atoms with Gasteiger partial charge in [-0.1, -0.05) is 31.4 Å². The average molecular weight is 384 g/mol. The van der Waals surface area contributed by atoms with Gasteiger partial charge in [0.1, 0.15) is 0 Å². The number of likely N-dealkylation sites (tertiary alicyclic amines) is 1. The van der Waals surface area contributed by atoms with Crippen LogP contribution < -0.4 is 4.90 Å². The second-order valence-corrected chi connectivity index (χ2v) is 9.46. The zero-order valence-corrected chi connectivity index (χ0v) is 18.1. The number of piperidine rings is 2. The van der Waals surface area contributed by atoms with Gasteiger partial charge in [0.2, 0.25) is 0 Å². The molecule has 2 unspecified atom stereocenters. The molecule has 0 bridgehead atoms. The van der Waals surface area contributed by atoms with Gasteiger partial charge in [0, 0.05) is 31.4 Å². The van der Waals surface area contributed by atoms with E-state index in [1.807, 2.05) is 0 Å². The third kappa shape index (κ3) is 5.10. The van der Waals surface area contributed by atoms with Crippen molar-refractivity contribution in [2.45, 2.75) is 82.7 Å². The topological polar surface area (TPSA) is 9.72 Å². The van der Waals surface area contributed by atoms with Crippen LogP contribution in [0.1, 0.15) is 82.2 Å². The number of anilines is 1. The number of hydrogen-bond donors (Lipinski definition) is 0. The summed E-state index contributed by atoms with van der Waals surface area (Å²) >= 11 is 0. The third-order valence-corrected chi connectivity index (χ3v) is 7.48. The van der Waals surface area contributed by atoms with Crippen molar-refractivity contribution >= 4 is 5.69 Å². The summed E-state index contributed by atoms with van der Waals surface area (Å²) in [4.78, 5) is 7.91. The highest BCUT2D eigenvalue weighted by Gasteiger charge is 2.35. The molecule has 3 saturated heterocycles. The average Bonchev–Trinajstić information content (AvgIpc) is 3.18. The van der Waals surface area contributed by atoms with E-state index < -0.39 is 0 Å². The van der Waals surface area contributed by atoms with E-state index in [0.29, 0.717) is 6.04 Å². The van der Waals surface area contributed by atoms with E-state index in [1.54, 1.807) is 5.56 Å². The molecule has 0 N–H and O–H groups in total. The molecule has 3 heterocycles. The molecule has 0 amide bonds. The fourth-order valence-corrected chi connectivity index (χ4v) is 5.74. The lowest BCUT2D eigenvalue weighted by molar-refractivity contribution is 0.150. The molecule has 3 aliphatic rings. The van der Waals surface area contributed by atoms with Crippen molar-refractivity contribution in [1.82, 2.24) is 9.80 Å². The molecule has 4 rings (SSSR count). The van der Waals surface area contributed by atoms with Gasteiger partial charge in [0.15, 0.2) is 0 Å². The van der Waals surface area contributed by atoms with E-state index in [1.165, 1.54) is 109 Å². The molecule has 0 spiro atoms. The smallest absolute Gasteiger partial charge is 0.0363 e. The molecule has 0 aliphatic carbocycles. The zero-order valence-electron chi connectivity index (χ0n) is 18.1. The van der Waals surface area contributed by atoms with Crippen LogP contribution in [-0.2, 0) is 0 Å². The summed E-state index contributed by atoms with van der Waals surface area (Å²) < 4.78 is 0. The van der Waals surface area contributed by atoms with Crippen LogP contribution in [0.2, 0.25) is 0 Å². The van der Waals surface area contributed by atoms with Gasteiger partial charge >= 0.3 is 0 Å². The van der Waals surface area contributed by atoms with Crippen LogP contribution in [0.4, 0.5) is 5.69 Å². The molecule has 3 aliphatic heterocycles. The summed E-state index contributed by atoms with van der Waals surface area (Å²) in [6.07, 6.45) is 15.3. The van der Waals surface area contributed by atoms with Crippen molar-refractivity contribution in [1.29, 1.82) is 0 Å². The standard InChI is InChI=1S/C25H41N3/c1-26(17-5-2-6-18-27-19-7-3-8-20-27)23-13-11-22(12-14-23)25-16-15-24-10-4-9-21-28(24)25/h11-14,24-25H,2-10,15-21H2,1H3. The first kappa shape index (κ1) is 20.2. The first-order valence-electron chi connectivity index (χ1n) is 12.1. The maximum atomic E-state index is 2.80. The number of unbranched alkanes of at least 4 members (excludes halogenated alkanes) is 2. The van der Waals surface area contributed by atoms with Gasteiger partial charge in [-0.05, 0) is 95.2 Å². The highest BCUT2D eigenvalue weighted by molar-refractivity contribution is 5.47. The lowest BCUT2D eigenvalue weighted by atomic mass is 10.0. The molecule has 3 nitrogen and oxygen atoms in total. The van der Waals surface area contributed by atoms with Crippen LogP contribution in [0.3, 0.4) is 0 Å². The van der Waals surface area contributed by atoms with Crippen LogP contribution in [0.25, 0.3) is 0 Å². The SMILES string of the molecule is CN(CCCCCN1CCCCC1)c1ccc(C2CCC3CCCCN32)cc1. The molecular formula is C25H41N3. The number of nitrogens with zero attached hydrogens (tertiary/aromatic N) is 3. The van der Waals surface area contributed by atoms with Crippen LogP contribution in [-0.4, -0.2) is 55.6 Å². The van der Waals surface area contributed by atoms with Gasteiger partial charge < -0.3 is 9.80 Å². The van der Waals surface area contributed by atoms with Gasteiger partial charge in [0.05, 0.1) is 0 Å². The summed E-state index contributed by atoms with van der Waals surface area (Å²) in [6.45, 7) is 6.49. The minimum Gasteiger partial charge on any atom is -0.375 e. The summed E-state index contributed by atoms with van der Waals surface area (Å²) in [5, 5.41) is 0. The van der Waals surface area contributed by atoms with E-state index in [4.69, 9.17) is 0 Å². The molecule has 0 radical (unpaired) electrons. The fraction of sp³-hybridized carbons (Fsp3) is 0.760. The minimum atomic E-state index is 0.680. The van der Waals surface area contributed by atoms with Crippen molar-refractivity contribution in [3.8, 4) is 0 Å². The van der Waals surface area contributed by atoms with Gasteiger partial charge in [0.25, 0.3) is 0 Å². The van der Waals surface area contributed by atoms with Gasteiger partial charge in [-0.3, -0.25) is 4.90 Å². The van der Waals surface area contributed by atoms with Crippen LogP contribution in [0, 0.1) is 0 Å². The number of rotatable bonds is 8. The maximum absolute atomic E-state index is 2.80. The minimum absolute atomic E-state index is 0.680. The van der Waals surface area contributed by atoms with Crippen LogP contribution in [0.5, 0.6) is 0 Å².